The Kier molecular flexibility index (Phi) is 7.25. The van der Waals surface area contributed by atoms with Gasteiger partial charge >= 0.3 is 0 Å². The van der Waals surface area contributed by atoms with Crippen LogP contribution in [0.4, 0.5) is 0 Å². The number of hydrogen-bond acceptors (Lipinski definition) is 6. The number of methoxy groups -OCH3 is 1. The Morgan fingerprint density at radius 2 is 2.15 bits per heavy atom. The number of sulfonamides is 1. The number of amides is 1. The van der Waals surface area contributed by atoms with Crippen LogP contribution in [0, 0.1) is 11.7 Å². The van der Waals surface area contributed by atoms with Gasteiger partial charge in [-0.05, 0) is 43.8 Å². The number of aryl methyl sites for hydroxylation is 1. The quantitative estimate of drug-likeness (QED) is 0.419. The van der Waals surface area contributed by atoms with Gasteiger partial charge in [0.05, 0.1) is 18.0 Å². The van der Waals surface area contributed by atoms with E-state index < -0.39 is 15.9 Å². The summed E-state index contributed by atoms with van der Waals surface area (Å²) in [7, 11) is -2.24. The molecule has 0 aliphatic heterocycles. The molecule has 1 heterocycles. The number of ether oxygens (including phenoxy) is 1. The number of carbonyl (C=O) groups excluding carboxylic acids is 1. The average molecular weight is 414 g/mol. The predicted octanol–water partition coefficient (Wildman–Crippen LogP) is 1.12. The minimum atomic E-state index is -3.72. The maximum atomic E-state index is 12.6. The monoisotopic (exact) mass is 413 g/mol. The number of aromatic nitrogens is 3. The standard InChI is InChI=1S/C16H23N5O4S2/c1-4-21-14(19-20-16(21)26)10-17-15(22)13-9-12(6-5-11(13)2)27(23,24)18-7-8-25-3/h5-6,9,18H,4,7-8,10H2,1-3H3,(H,17,22)(H,20,26). The van der Waals surface area contributed by atoms with Crippen LogP contribution < -0.4 is 10.0 Å². The van der Waals surface area contributed by atoms with Crippen LogP contribution in [-0.2, 0) is 27.8 Å². The van der Waals surface area contributed by atoms with Crippen LogP contribution in [0.5, 0.6) is 0 Å². The van der Waals surface area contributed by atoms with Crippen molar-refractivity contribution in [1.82, 2.24) is 24.8 Å². The molecule has 0 unspecified atom stereocenters. The molecule has 27 heavy (non-hydrogen) atoms. The van der Waals surface area contributed by atoms with Gasteiger partial charge in [0.15, 0.2) is 10.6 Å². The van der Waals surface area contributed by atoms with E-state index in [4.69, 9.17) is 17.0 Å². The van der Waals surface area contributed by atoms with Gasteiger partial charge < -0.3 is 14.6 Å². The molecule has 3 N–H and O–H groups in total. The second kappa shape index (κ2) is 9.22. The Hall–Kier alpha value is -2.08. The van der Waals surface area contributed by atoms with E-state index in [9.17, 15) is 13.2 Å². The smallest absolute Gasteiger partial charge is 0.251 e. The van der Waals surface area contributed by atoms with Gasteiger partial charge in [-0.15, -0.1) is 0 Å². The first kappa shape index (κ1) is 21.2. The van der Waals surface area contributed by atoms with Crippen molar-refractivity contribution < 1.29 is 17.9 Å². The first-order valence-electron chi connectivity index (χ1n) is 8.31. The van der Waals surface area contributed by atoms with Crippen LogP contribution in [-0.4, -0.2) is 49.4 Å². The molecule has 2 aromatic rings. The van der Waals surface area contributed by atoms with E-state index in [0.29, 0.717) is 22.7 Å². The molecule has 0 radical (unpaired) electrons. The number of nitrogens with one attached hydrogen (secondary N) is 3. The van der Waals surface area contributed by atoms with Crippen LogP contribution in [0.15, 0.2) is 23.1 Å². The van der Waals surface area contributed by atoms with E-state index in [1.807, 2.05) is 6.92 Å². The Morgan fingerprint density at radius 3 is 2.81 bits per heavy atom. The van der Waals surface area contributed by atoms with Crippen molar-refractivity contribution in [2.24, 2.45) is 0 Å². The van der Waals surface area contributed by atoms with Crippen LogP contribution in [0.1, 0.15) is 28.7 Å². The summed E-state index contributed by atoms with van der Waals surface area (Å²) in [5.41, 5.74) is 0.944. The number of carbonyl (C=O) groups is 1. The van der Waals surface area contributed by atoms with E-state index in [1.54, 1.807) is 17.6 Å². The van der Waals surface area contributed by atoms with Crippen molar-refractivity contribution >= 4 is 28.1 Å². The zero-order valence-corrected chi connectivity index (χ0v) is 17.0. The molecule has 0 atom stereocenters. The molecule has 1 aromatic heterocycles. The summed E-state index contributed by atoms with van der Waals surface area (Å²) in [5, 5.41) is 9.52. The molecule has 0 saturated carbocycles. The lowest BCUT2D eigenvalue weighted by molar-refractivity contribution is 0.0948. The third-order valence-electron chi connectivity index (χ3n) is 3.92. The largest absolute Gasteiger partial charge is 0.383 e. The van der Waals surface area contributed by atoms with Crippen LogP contribution >= 0.6 is 12.2 Å². The van der Waals surface area contributed by atoms with Gasteiger partial charge in [-0.3, -0.25) is 9.89 Å². The van der Waals surface area contributed by atoms with Gasteiger partial charge in [0.2, 0.25) is 10.0 Å². The Bertz CT molecular complexity index is 965. The SMILES string of the molecule is CCn1c(CNC(=O)c2cc(S(=O)(=O)NCCOC)ccc2C)n[nH]c1=S. The summed E-state index contributed by atoms with van der Waals surface area (Å²) in [5.74, 6) is 0.205. The minimum absolute atomic E-state index is 0.0191. The highest BCUT2D eigenvalue weighted by Crippen LogP contribution is 2.16. The van der Waals surface area contributed by atoms with Crippen molar-refractivity contribution in [2.75, 3.05) is 20.3 Å². The molecule has 0 bridgehead atoms. The summed E-state index contributed by atoms with van der Waals surface area (Å²) in [6.45, 7) is 4.86. The fourth-order valence-electron chi connectivity index (χ4n) is 2.44. The predicted molar refractivity (Wildman–Crippen MR) is 102 cm³/mol. The van der Waals surface area contributed by atoms with Gasteiger partial charge in [0.25, 0.3) is 5.91 Å². The molecule has 1 amide bonds. The first-order chi connectivity index (χ1) is 12.8. The maximum absolute atomic E-state index is 12.6. The van der Waals surface area contributed by atoms with Crippen LogP contribution in [0.3, 0.4) is 0 Å². The van der Waals surface area contributed by atoms with Gasteiger partial charge in [0.1, 0.15) is 0 Å². The number of rotatable bonds is 9. The molecule has 0 fully saturated rings. The molecular weight excluding hydrogens is 390 g/mol. The molecule has 0 spiro atoms. The van der Waals surface area contributed by atoms with Crippen LogP contribution in [0.2, 0.25) is 0 Å². The number of hydrogen-bond donors (Lipinski definition) is 3. The minimum Gasteiger partial charge on any atom is -0.383 e. The third-order valence-corrected chi connectivity index (χ3v) is 5.69. The zero-order chi connectivity index (χ0) is 20.0. The number of nitrogens with zero attached hydrogens (tertiary/aromatic N) is 2. The van der Waals surface area contributed by atoms with Crippen LogP contribution in [0.25, 0.3) is 0 Å². The second-order valence-electron chi connectivity index (χ2n) is 5.74. The highest BCUT2D eigenvalue weighted by molar-refractivity contribution is 7.89. The van der Waals surface area contributed by atoms with Crippen molar-refractivity contribution in [3.05, 3.63) is 39.9 Å². The summed E-state index contributed by atoms with van der Waals surface area (Å²) < 4.78 is 34.2. The molecule has 0 aliphatic carbocycles. The summed E-state index contributed by atoms with van der Waals surface area (Å²) >= 11 is 5.12. The van der Waals surface area contributed by atoms with E-state index >= 15 is 0 Å². The fraction of sp³-hybridized carbons (Fsp3) is 0.438. The van der Waals surface area contributed by atoms with Crippen molar-refractivity contribution in [3.8, 4) is 0 Å². The molecule has 11 heteroatoms. The lowest BCUT2D eigenvalue weighted by atomic mass is 10.1. The van der Waals surface area contributed by atoms with E-state index in [-0.39, 0.29) is 30.2 Å². The van der Waals surface area contributed by atoms with Crippen molar-refractivity contribution in [2.45, 2.75) is 31.8 Å². The van der Waals surface area contributed by atoms with Crippen molar-refractivity contribution in [3.63, 3.8) is 0 Å². The molecule has 9 nitrogen and oxygen atoms in total. The lowest BCUT2D eigenvalue weighted by Gasteiger charge is -2.11. The fourth-order valence-corrected chi connectivity index (χ4v) is 3.76. The second-order valence-corrected chi connectivity index (χ2v) is 7.89. The molecule has 148 valence electrons. The summed E-state index contributed by atoms with van der Waals surface area (Å²) in [4.78, 5) is 12.6. The van der Waals surface area contributed by atoms with Crippen molar-refractivity contribution in [1.29, 1.82) is 0 Å². The highest BCUT2D eigenvalue weighted by atomic mass is 32.2. The third kappa shape index (κ3) is 5.22. The van der Waals surface area contributed by atoms with E-state index in [2.05, 4.69) is 20.2 Å². The Morgan fingerprint density at radius 1 is 1.41 bits per heavy atom. The molecule has 0 aliphatic rings. The normalized spacial score (nSPS) is 11.5. The van der Waals surface area contributed by atoms with Gasteiger partial charge in [-0.1, -0.05) is 6.07 Å². The molecular formula is C16H23N5O4S2. The molecule has 2 rings (SSSR count). The van der Waals surface area contributed by atoms with Gasteiger partial charge in [0, 0.05) is 25.8 Å². The molecule has 1 aromatic carbocycles. The highest BCUT2D eigenvalue weighted by Gasteiger charge is 2.18. The van der Waals surface area contributed by atoms with E-state index in [1.165, 1.54) is 19.2 Å². The number of aromatic amines is 1. The Labute approximate surface area is 163 Å². The zero-order valence-electron chi connectivity index (χ0n) is 15.4. The maximum Gasteiger partial charge on any atom is 0.251 e. The average Bonchev–Trinajstić information content (AvgIpc) is 2.99. The van der Waals surface area contributed by atoms with Gasteiger partial charge in [-0.25, -0.2) is 13.1 Å². The topological polar surface area (TPSA) is 118 Å². The first-order valence-corrected chi connectivity index (χ1v) is 10.2. The number of benzene rings is 1. The number of H-pyrrole nitrogens is 1. The molecule has 0 saturated heterocycles. The summed E-state index contributed by atoms with van der Waals surface area (Å²) in [6.07, 6.45) is 0. The lowest BCUT2D eigenvalue weighted by Crippen LogP contribution is -2.28. The Balaban J connectivity index is 2.17. The summed E-state index contributed by atoms with van der Waals surface area (Å²) in [6, 6.07) is 4.42. The van der Waals surface area contributed by atoms with E-state index in [0.717, 1.165) is 0 Å². The van der Waals surface area contributed by atoms with Gasteiger partial charge in [-0.2, -0.15) is 5.10 Å².